The number of halogens is 1. The highest BCUT2D eigenvalue weighted by molar-refractivity contribution is 5.85. The van der Waals surface area contributed by atoms with E-state index in [4.69, 9.17) is 4.74 Å². The number of rotatable bonds is 7. The number of para-hydroxylation sites is 1. The van der Waals surface area contributed by atoms with Crippen LogP contribution in [0.3, 0.4) is 0 Å². The first-order valence-electron chi connectivity index (χ1n) is 8.77. The SMILES string of the molecule is CCOc1ccccc1CN(C)C(=O)CC(C)C1CCCNC1.Cl. The zero-order chi connectivity index (χ0) is 16.7. The number of nitrogens with zero attached hydrogens (tertiary/aromatic N) is 1. The van der Waals surface area contributed by atoms with Crippen molar-refractivity contribution in [3.63, 3.8) is 0 Å². The van der Waals surface area contributed by atoms with Crippen LogP contribution >= 0.6 is 12.4 Å². The van der Waals surface area contributed by atoms with E-state index >= 15 is 0 Å². The Morgan fingerprint density at radius 3 is 2.83 bits per heavy atom. The molecule has 24 heavy (non-hydrogen) atoms. The van der Waals surface area contributed by atoms with Gasteiger partial charge < -0.3 is 15.0 Å². The molecule has 136 valence electrons. The molecule has 1 fully saturated rings. The lowest BCUT2D eigenvalue weighted by atomic mass is 9.85. The number of piperidine rings is 1. The third-order valence-corrected chi connectivity index (χ3v) is 4.74. The van der Waals surface area contributed by atoms with Crippen LogP contribution < -0.4 is 10.1 Å². The molecule has 2 atom stereocenters. The maximum atomic E-state index is 12.5. The van der Waals surface area contributed by atoms with Crippen molar-refractivity contribution in [1.29, 1.82) is 0 Å². The van der Waals surface area contributed by atoms with Gasteiger partial charge in [0.15, 0.2) is 0 Å². The van der Waals surface area contributed by atoms with E-state index in [0.717, 1.165) is 24.4 Å². The highest BCUT2D eigenvalue weighted by atomic mass is 35.5. The van der Waals surface area contributed by atoms with Crippen LogP contribution in [0.5, 0.6) is 5.75 Å². The number of hydrogen-bond donors (Lipinski definition) is 1. The summed E-state index contributed by atoms with van der Waals surface area (Å²) < 4.78 is 5.65. The third-order valence-electron chi connectivity index (χ3n) is 4.74. The fraction of sp³-hybridized carbons (Fsp3) is 0.632. The Kier molecular flexibility index (Phi) is 9.16. The zero-order valence-electron chi connectivity index (χ0n) is 15.1. The van der Waals surface area contributed by atoms with Gasteiger partial charge in [0.25, 0.3) is 0 Å². The maximum Gasteiger partial charge on any atom is 0.222 e. The Morgan fingerprint density at radius 2 is 2.17 bits per heavy atom. The fourth-order valence-electron chi connectivity index (χ4n) is 3.24. The van der Waals surface area contributed by atoms with E-state index in [9.17, 15) is 4.79 Å². The molecule has 0 aliphatic carbocycles. The summed E-state index contributed by atoms with van der Waals surface area (Å²) in [5.74, 6) is 2.14. The van der Waals surface area contributed by atoms with Crippen molar-refractivity contribution in [3.05, 3.63) is 29.8 Å². The first-order chi connectivity index (χ1) is 11.1. The van der Waals surface area contributed by atoms with Crippen LogP contribution in [0.15, 0.2) is 24.3 Å². The Bertz CT molecular complexity index is 504. The minimum atomic E-state index is 0. The zero-order valence-corrected chi connectivity index (χ0v) is 15.9. The van der Waals surface area contributed by atoms with Crippen LogP contribution in [-0.4, -0.2) is 37.6 Å². The average Bonchev–Trinajstić information content (AvgIpc) is 2.57. The van der Waals surface area contributed by atoms with Crippen molar-refractivity contribution < 1.29 is 9.53 Å². The van der Waals surface area contributed by atoms with Crippen LogP contribution in [0.25, 0.3) is 0 Å². The van der Waals surface area contributed by atoms with Crippen molar-refractivity contribution >= 4 is 18.3 Å². The number of ether oxygens (including phenoxy) is 1. The van der Waals surface area contributed by atoms with Gasteiger partial charge in [-0.1, -0.05) is 25.1 Å². The summed E-state index contributed by atoms with van der Waals surface area (Å²) in [6.45, 7) is 7.59. The predicted octanol–water partition coefficient (Wildman–Crippen LogP) is 3.49. The number of benzene rings is 1. The smallest absolute Gasteiger partial charge is 0.222 e. The van der Waals surface area contributed by atoms with E-state index in [1.165, 1.54) is 12.8 Å². The summed E-state index contributed by atoms with van der Waals surface area (Å²) in [6.07, 6.45) is 3.08. The van der Waals surface area contributed by atoms with Gasteiger partial charge in [0.2, 0.25) is 5.91 Å². The number of carbonyl (C=O) groups is 1. The summed E-state index contributed by atoms with van der Waals surface area (Å²) in [7, 11) is 1.89. The highest BCUT2D eigenvalue weighted by Gasteiger charge is 2.23. The summed E-state index contributed by atoms with van der Waals surface area (Å²) >= 11 is 0. The molecular formula is C19H31ClN2O2. The summed E-state index contributed by atoms with van der Waals surface area (Å²) in [4.78, 5) is 14.4. The van der Waals surface area contributed by atoms with Gasteiger partial charge in [-0.25, -0.2) is 0 Å². The largest absolute Gasteiger partial charge is 0.494 e. The molecule has 1 aromatic carbocycles. The van der Waals surface area contributed by atoms with Crippen molar-refractivity contribution in [2.45, 2.75) is 39.7 Å². The minimum absolute atomic E-state index is 0. The highest BCUT2D eigenvalue weighted by Crippen LogP contribution is 2.24. The summed E-state index contributed by atoms with van der Waals surface area (Å²) in [6, 6.07) is 7.96. The van der Waals surface area contributed by atoms with E-state index in [-0.39, 0.29) is 18.3 Å². The molecule has 1 aromatic rings. The van der Waals surface area contributed by atoms with Crippen LogP contribution in [0.4, 0.5) is 0 Å². The van der Waals surface area contributed by atoms with E-state index in [1.54, 1.807) is 0 Å². The van der Waals surface area contributed by atoms with Crippen LogP contribution in [0.2, 0.25) is 0 Å². The normalized spacial score (nSPS) is 18.4. The molecule has 1 aliphatic heterocycles. The van der Waals surface area contributed by atoms with Crippen molar-refractivity contribution in [1.82, 2.24) is 10.2 Å². The molecular weight excluding hydrogens is 324 g/mol. The maximum absolute atomic E-state index is 12.5. The molecule has 0 radical (unpaired) electrons. The van der Waals surface area contributed by atoms with Crippen LogP contribution in [0.1, 0.15) is 38.7 Å². The van der Waals surface area contributed by atoms with Gasteiger partial charge in [0.1, 0.15) is 5.75 Å². The molecule has 1 heterocycles. The molecule has 0 saturated carbocycles. The number of hydrogen-bond acceptors (Lipinski definition) is 3. The van der Waals surface area contributed by atoms with Crippen LogP contribution in [-0.2, 0) is 11.3 Å². The Labute approximate surface area is 152 Å². The summed E-state index contributed by atoms with van der Waals surface area (Å²) in [5, 5.41) is 3.44. The number of carbonyl (C=O) groups excluding carboxylic acids is 1. The third kappa shape index (κ3) is 5.99. The second-order valence-corrected chi connectivity index (χ2v) is 6.58. The second kappa shape index (κ2) is 10.6. The van der Waals surface area contributed by atoms with Crippen LogP contribution in [0, 0.1) is 11.8 Å². The standard InChI is InChI=1S/C19H30N2O2.ClH/c1-4-23-18-10-6-5-8-17(18)14-21(3)19(22)12-15(2)16-9-7-11-20-13-16;/h5-6,8,10,15-16,20H,4,7,9,11-14H2,1-3H3;1H. The molecule has 4 nitrogen and oxygen atoms in total. The van der Waals surface area contributed by atoms with E-state index < -0.39 is 0 Å². The molecule has 2 unspecified atom stereocenters. The Balaban J connectivity index is 0.00000288. The summed E-state index contributed by atoms with van der Waals surface area (Å²) in [5.41, 5.74) is 1.07. The molecule has 0 spiro atoms. The van der Waals surface area contributed by atoms with E-state index in [1.807, 2.05) is 43.1 Å². The number of nitrogens with one attached hydrogen (secondary N) is 1. The lowest BCUT2D eigenvalue weighted by molar-refractivity contribution is -0.131. The second-order valence-electron chi connectivity index (χ2n) is 6.58. The first-order valence-corrected chi connectivity index (χ1v) is 8.77. The molecule has 1 amide bonds. The molecule has 1 saturated heterocycles. The van der Waals surface area contributed by atoms with Crippen molar-refractivity contribution in [2.75, 3.05) is 26.7 Å². The van der Waals surface area contributed by atoms with Gasteiger partial charge in [0, 0.05) is 25.6 Å². The molecule has 0 bridgehead atoms. The quantitative estimate of drug-likeness (QED) is 0.814. The monoisotopic (exact) mass is 354 g/mol. The molecule has 5 heteroatoms. The van der Waals surface area contributed by atoms with Gasteiger partial charge in [-0.3, -0.25) is 4.79 Å². The minimum Gasteiger partial charge on any atom is -0.494 e. The van der Waals surface area contributed by atoms with Gasteiger partial charge in [-0.05, 0) is 50.8 Å². The Hall–Kier alpha value is -1.26. The van der Waals surface area contributed by atoms with E-state index in [2.05, 4.69) is 12.2 Å². The van der Waals surface area contributed by atoms with Crippen molar-refractivity contribution in [2.24, 2.45) is 11.8 Å². The average molecular weight is 355 g/mol. The van der Waals surface area contributed by atoms with Gasteiger partial charge >= 0.3 is 0 Å². The van der Waals surface area contributed by atoms with E-state index in [0.29, 0.717) is 31.4 Å². The van der Waals surface area contributed by atoms with Gasteiger partial charge in [-0.15, -0.1) is 12.4 Å². The first kappa shape index (κ1) is 20.8. The topological polar surface area (TPSA) is 41.6 Å². The van der Waals surface area contributed by atoms with Gasteiger partial charge in [0.05, 0.1) is 6.61 Å². The molecule has 1 aliphatic rings. The lowest BCUT2D eigenvalue weighted by Crippen LogP contribution is -2.36. The molecule has 1 N–H and O–H groups in total. The lowest BCUT2D eigenvalue weighted by Gasteiger charge is -2.29. The van der Waals surface area contributed by atoms with Crippen molar-refractivity contribution in [3.8, 4) is 5.75 Å². The Morgan fingerprint density at radius 1 is 1.42 bits per heavy atom. The predicted molar refractivity (Wildman–Crippen MR) is 101 cm³/mol. The fourth-order valence-corrected chi connectivity index (χ4v) is 3.24. The molecule has 0 aromatic heterocycles. The molecule has 2 rings (SSSR count). The van der Waals surface area contributed by atoms with Gasteiger partial charge in [-0.2, -0.15) is 0 Å². The number of amides is 1.